The average molecular weight is 359 g/mol. The summed E-state index contributed by atoms with van der Waals surface area (Å²) in [4.78, 5) is 27.4. The number of fused-ring (bicyclic) bond motifs is 3. The zero-order chi connectivity index (χ0) is 19.4. The molecule has 1 aliphatic heterocycles. The quantitative estimate of drug-likeness (QED) is 0.802. The molecule has 0 aromatic carbocycles. The van der Waals surface area contributed by atoms with E-state index in [1.807, 2.05) is 45.2 Å². The van der Waals surface area contributed by atoms with E-state index in [9.17, 15) is 14.7 Å². The smallest absolute Gasteiger partial charge is 0.374 e. The van der Waals surface area contributed by atoms with Crippen LogP contribution in [0.2, 0.25) is 0 Å². The lowest BCUT2D eigenvalue weighted by Gasteiger charge is -2.26. The number of aryl methyl sites for hydroxylation is 1. The Morgan fingerprint density at radius 1 is 1.38 bits per heavy atom. The van der Waals surface area contributed by atoms with Gasteiger partial charge in [-0.1, -0.05) is 13.8 Å². The zero-order valence-electron chi connectivity index (χ0n) is 16.3. The Morgan fingerprint density at radius 3 is 2.50 bits per heavy atom. The number of hydrogen-bond donors (Lipinski definition) is 2. The van der Waals surface area contributed by atoms with Gasteiger partial charge in [-0.05, 0) is 45.2 Å². The molecule has 2 aromatic heterocycles. The number of rotatable bonds is 5. The number of imidazole rings is 1. The maximum Gasteiger partial charge on any atom is 0.374 e. The number of hydrogen-bond acceptors (Lipinski definition) is 4. The van der Waals surface area contributed by atoms with Crippen LogP contribution in [0.3, 0.4) is 0 Å². The third kappa shape index (κ3) is 2.22. The van der Waals surface area contributed by atoms with Crippen LogP contribution in [0, 0.1) is 12.8 Å². The normalized spacial score (nSPS) is 19.1. The van der Waals surface area contributed by atoms with Crippen molar-refractivity contribution >= 4 is 29.2 Å². The molecule has 2 N–H and O–H groups in total. The van der Waals surface area contributed by atoms with Crippen LogP contribution in [-0.2, 0) is 0 Å². The number of aromatic nitrogens is 2. The topological polar surface area (TPSA) is 78.7 Å². The van der Waals surface area contributed by atoms with Crippen molar-refractivity contribution < 1.29 is 19.1 Å². The zero-order valence-corrected chi connectivity index (χ0v) is 16.3. The number of anilines is 2. The average Bonchev–Trinajstić information content (AvgIpc) is 3.02. The highest BCUT2D eigenvalue weighted by atomic mass is 16.4. The molecule has 2 aromatic rings. The molecule has 26 heavy (non-hydrogen) atoms. The Kier molecular flexibility index (Phi) is 4.21. The van der Waals surface area contributed by atoms with Crippen LogP contribution in [0.5, 0.6) is 0 Å². The summed E-state index contributed by atoms with van der Waals surface area (Å²) < 4.78 is 3.48. The minimum atomic E-state index is -0.993. The predicted octanol–water partition coefficient (Wildman–Crippen LogP) is 2.56. The summed E-state index contributed by atoms with van der Waals surface area (Å²) in [6, 6.07) is 1.78. The first-order valence-corrected chi connectivity index (χ1v) is 9.09. The highest BCUT2D eigenvalue weighted by Gasteiger charge is 2.52. The van der Waals surface area contributed by atoms with E-state index in [-0.39, 0.29) is 17.4 Å². The van der Waals surface area contributed by atoms with E-state index in [0.717, 1.165) is 0 Å². The minimum absolute atomic E-state index is 0.0533. The van der Waals surface area contributed by atoms with Gasteiger partial charge in [-0.2, -0.15) is 4.40 Å². The number of carbonyl (C=O) groups excluding carboxylic acids is 1. The third-order valence-electron chi connectivity index (χ3n) is 5.65. The molecular formula is C19H27N4O3+. The summed E-state index contributed by atoms with van der Waals surface area (Å²) in [6.07, 6.45) is 1.84. The van der Waals surface area contributed by atoms with Crippen LogP contribution in [0.1, 0.15) is 55.3 Å². The van der Waals surface area contributed by atoms with Crippen LogP contribution < -0.4 is 14.6 Å². The highest BCUT2D eigenvalue weighted by molar-refractivity contribution is 6.07. The number of carboxylic acid groups (broad SMARTS) is 1. The third-order valence-corrected chi connectivity index (χ3v) is 5.65. The van der Waals surface area contributed by atoms with Gasteiger partial charge in [0.1, 0.15) is 11.1 Å². The van der Waals surface area contributed by atoms with Crippen molar-refractivity contribution in [2.24, 2.45) is 5.92 Å². The molecule has 1 unspecified atom stereocenters. The Bertz CT molecular complexity index is 911. The van der Waals surface area contributed by atoms with Gasteiger partial charge in [-0.25, -0.2) is 4.79 Å². The molecule has 3 rings (SSSR count). The van der Waals surface area contributed by atoms with Gasteiger partial charge in [0.25, 0.3) is 0 Å². The molecule has 7 heteroatoms. The van der Waals surface area contributed by atoms with E-state index in [1.165, 1.54) is 0 Å². The van der Waals surface area contributed by atoms with E-state index in [1.54, 1.807) is 17.6 Å². The Hall–Kier alpha value is -2.57. The standard InChI is InChI=1S/C19H26N4O3/c1-7-21(8-2)18-22-10-9-12(5)13(16(24)25)14(22)15-20-19(6,11(3)4)17(26)23(15)18/h9-11,20H,7-8H2,1-6H3/p+1. The molecule has 7 nitrogen and oxygen atoms in total. The summed E-state index contributed by atoms with van der Waals surface area (Å²) >= 11 is 0. The summed E-state index contributed by atoms with van der Waals surface area (Å²) in [5.74, 6) is 0.269. The van der Waals surface area contributed by atoms with Gasteiger partial charge in [0.15, 0.2) is 5.52 Å². The summed E-state index contributed by atoms with van der Waals surface area (Å²) in [6.45, 7) is 13.1. The lowest BCUT2D eigenvalue weighted by atomic mass is 9.88. The van der Waals surface area contributed by atoms with Gasteiger partial charge in [0.05, 0.1) is 19.3 Å². The van der Waals surface area contributed by atoms with Crippen molar-refractivity contribution in [3.8, 4) is 0 Å². The Balaban J connectivity index is 2.46. The molecule has 1 aliphatic rings. The second kappa shape index (κ2) is 6.00. The Labute approximate surface area is 153 Å². The Morgan fingerprint density at radius 2 is 2.00 bits per heavy atom. The van der Waals surface area contributed by atoms with Crippen LogP contribution in [0.25, 0.3) is 5.52 Å². The fourth-order valence-electron chi connectivity index (χ4n) is 3.66. The van der Waals surface area contributed by atoms with E-state index in [2.05, 4.69) is 10.2 Å². The minimum Gasteiger partial charge on any atom is -0.478 e. The molecule has 0 bridgehead atoms. The second-order valence-corrected chi connectivity index (χ2v) is 7.34. The van der Waals surface area contributed by atoms with Crippen molar-refractivity contribution in [2.75, 3.05) is 23.3 Å². The molecule has 3 heterocycles. The number of nitrogens with one attached hydrogen (secondary N) is 1. The number of nitrogens with zero attached hydrogens (tertiary/aromatic N) is 3. The molecule has 140 valence electrons. The molecule has 0 radical (unpaired) electrons. The van der Waals surface area contributed by atoms with Gasteiger partial charge < -0.3 is 10.4 Å². The van der Waals surface area contributed by atoms with Crippen molar-refractivity contribution in [3.63, 3.8) is 0 Å². The van der Waals surface area contributed by atoms with Crippen molar-refractivity contribution in [1.82, 2.24) is 4.57 Å². The molecule has 0 saturated carbocycles. The van der Waals surface area contributed by atoms with Gasteiger partial charge in [0, 0.05) is 0 Å². The maximum absolute atomic E-state index is 13.4. The van der Waals surface area contributed by atoms with Crippen LogP contribution in [0.4, 0.5) is 11.8 Å². The lowest BCUT2D eigenvalue weighted by molar-refractivity contribution is -0.498. The monoisotopic (exact) mass is 359 g/mol. The molecule has 0 amide bonds. The van der Waals surface area contributed by atoms with Crippen molar-refractivity contribution in [2.45, 2.75) is 47.1 Å². The lowest BCUT2D eigenvalue weighted by Crippen LogP contribution is -2.47. The first kappa shape index (κ1) is 18.2. The number of carboxylic acids is 1. The highest BCUT2D eigenvalue weighted by Crippen LogP contribution is 2.39. The maximum atomic E-state index is 13.4. The molecule has 0 aliphatic carbocycles. The molecule has 0 spiro atoms. The summed E-state index contributed by atoms with van der Waals surface area (Å²) in [7, 11) is 0. The van der Waals surface area contributed by atoms with Gasteiger partial charge in [-0.15, -0.1) is 4.57 Å². The number of pyridine rings is 1. The molecule has 0 fully saturated rings. The molecule has 0 saturated heterocycles. The van der Waals surface area contributed by atoms with Crippen LogP contribution >= 0.6 is 0 Å². The fourth-order valence-corrected chi connectivity index (χ4v) is 3.66. The van der Waals surface area contributed by atoms with Crippen molar-refractivity contribution in [3.05, 3.63) is 23.4 Å². The van der Waals surface area contributed by atoms with E-state index in [4.69, 9.17) is 0 Å². The van der Waals surface area contributed by atoms with Gasteiger partial charge in [0.2, 0.25) is 5.82 Å². The number of aromatic carboxylic acids is 1. The first-order chi connectivity index (χ1) is 12.2. The van der Waals surface area contributed by atoms with Gasteiger partial charge in [-0.3, -0.25) is 9.69 Å². The van der Waals surface area contributed by atoms with E-state index >= 15 is 0 Å². The summed E-state index contributed by atoms with van der Waals surface area (Å²) in [5, 5.41) is 13.2. The van der Waals surface area contributed by atoms with E-state index in [0.29, 0.717) is 35.9 Å². The molecular weight excluding hydrogens is 332 g/mol. The SMILES string of the molecule is CCN(CC)c1n2c(c3c(C(=O)O)c(C)cc[n+]13)NC(C)(C(C)C)C2=O. The van der Waals surface area contributed by atoms with Crippen molar-refractivity contribution in [1.29, 1.82) is 0 Å². The largest absolute Gasteiger partial charge is 0.478 e. The van der Waals surface area contributed by atoms with Crippen LogP contribution in [-0.4, -0.2) is 40.2 Å². The van der Waals surface area contributed by atoms with E-state index < -0.39 is 11.5 Å². The second-order valence-electron chi connectivity index (χ2n) is 7.34. The first-order valence-electron chi connectivity index (χ1n) is 9.09. The fraction of sp³-hybridized carbons (Fsp3) is 0.526. The van der Waals surface area contributed by atoms with Crippen LogP contribution in [0.15, 0.2) is 12.3 Å². The predicted molar refractivity (Wildman–Crippen MR) is 100 cm³/mol. The summed E-state index contributed by atoms with van der Waals surface area (Å²) in [5.41, 5.74) is 0.662. The van der Waals surface area contributed by atoms with Gasteiger partial charge >= 0.3 is 17.8 Å². The number of carbonyl (C=O) groups is 2. The molecule has 1 atom stereocenters.